The molecule has 0 saturated carbocycles. The van der Waals surface area contributed by atoms with Crippen molar-refractivity contribution in [3.8, 4) is 0 Å². The summed E-state index contributed by atoms with van der Waals surface area (Å²) in [6, 6.07) is 42.2. The van der Waals surface area contributed by atoms with Crippen LogP contribution in [0.4, 0.5) is 37.7 Å². The Bertz CT molecular complexity index is 2250. The van der Waals surface area contributed by atoms with Gasteiger partial charge in [-0.1, -0.05) is 109 Å². The van der Waals surface area contributed by atoms with E-state index in [1.54, 1.807) is 120 Å². The fourth-order valence-electron chi connectivity index (χ4n) is 6.16. The van der Waals surface area contributed by atoms with Gasteiger partial charge in [0, 0.05) is 24.5 Å². The minimum Gasteiger partial charge on any atom is -0.381 e. The molecule has 0 aromatic heterocycles. The summed E-state index contributed by atoms with van der Waals surface area (Å²) in [7, 11) is 0. The lowest BCUT2D eigenvalue weighted by molar-refractivity contribution is -0.138. The molecule has 6 aromatic rings. The molecule has 0 fully saturated rings. The van der Waals surface area contributed by atoms with Crippen molar-refractivity contribution in [2.75, 3.05) is 10.6 Å². The molecule has 0 heterocycles. The van der Waals surface area contributed by atoms with Gasteiger partial charge in [0.25, 0.3) is 11.8 Å². The van der Waals surface area contributed by atoms with Crippen molar-refractivity contribution < 1.29 is 46.3 Å². The third kappa shape index (κ3) is 11.7. The smallest absolute Gasteiger partial charge is 0.381 e. The first-order chi connectivity index (χ1) is 27.8. The first kappa shape index (κ1) is 42.5. The Morgan fingerprint density at radius 2 is 0.845 bits per heavy atom. The van der Waals surface area contributed by atoms with Crippen molar-refractivity contribution in [3.05, 3.63) is 202 Å². The predicted octanol–water partition coefficient (Wildman–Crippen LogP) is 9.91. The average molecular weight is 801 g/mol. The number of hydroxylamine groups is 2. The van der Waals surface area contributed by atoms with Gasteiger partial charge in [-0.25, -0.2) is 11.0 Å². The maximum Gasteiger partial charge on any atom is 0.416 e. The molecule has 0 radical (unpaired) electrons. The van der Waals surface area contributed by atoms with Gasteiger partial charge in [0.15, 0.2) is 0 Å². The van der Waals surface area contributed by atoms with Crippen LogP contribution in [0, 0.1) is 0 Å². The highest BCUT2D eigenvalue weighted by atomic mass is 19.4. The van der Waals surface area contributed by atoms with Gasteiger partial charge in [0.2, 0.25) is 0 Å². The van der Waals surface area contributed by atoms with Crippen LogP contribution in [0.15, 0.2) is 158 Å². The van der Waals surface area contributed by atoms with E-state index in [1.165, 1.54) is 12.1 Å². The average Bonchev–Trinajstić information content (AvgIpc) is 3.23. The van der Waals surface area contributed by atoms with Gasteiger partial charge in [-0.15, -0.1) is 0 Å². The summed E-state index contributed by atoms with van der Waals surface area (Å²) in [5.41, 5.74) is 7.07. The zero-order valence-electron chi connectivity index (χ0n) is 30.6. The van der Waals surface area contributed by atoms with Gasteiger partial charge in [-0.2, -0.15) is 26.3 Å². The lowest BCUT2D eigenvalue weighted by atomic mass is 9.90. The molecule has 0 aliphatic heterocycles. The van der Waals surface area contributed by atoms with Crippen LogP contribution in [0.25, 0.3) is 0 Å². The summed E-state index contributed by atoms with van der Waals surface area (Å²) >= 11 is 0. The Morgan fingerprint density at radius 1 is 0.448 bits per heavy atom. The van der Waals surface area contributed by atoms with Gasteiger partial charge in [-0.3, -0.25) is 20.0 Å². The van der Waals surface area contributed by atoms with E-state index in [0.717, 1.165) is 29.8 Å². The van der Waals surface area contributed by atoms with E-state index >= 15 is 0 Å². The van der Waals surface area contributed by atoms with Crippen molar-refractivity contribution in [1.82, 2.24) is 11.0 Å². The third-order valence-electron chi connectivity index (χ3n) is 8.98. The normalized spacial score (nSPS) is 12.3. The first-order valence-corrected chi connectivity index (χ1v) is 17.7. The van der Waals surface area contributed by atoms with Gasteiger partial charge in [-0.05, 0) is 81.9 Å². The SMILES string of the molecule is O=C(NO)C(c1ccccc1)c1ccc(NCc2cccc(C(F)(F)F)c2)cc1.O=C(NO)C(c1ccccc1)c1cccc(NCc2cccc(C(F)(F)F)c2)c1. The van der Waals surface area contributed by atoms with Gasteiger partial charge in [0.05, 0.1) is 23.0 Å². The van der Waals surface area contributed by atoms with Gasteiger partial charge in [0.1, 0.15) is 0 Å². The minimum absolute atomic E-state index is 0.190. The fourth-order valence-corrected chi connectivity index (χ4v) is 6.16. The lowest BCUT2D eigenvalue weighted by Gasteiger charge is -2.17. The highest BCUT2D eigenvalue weighted by molar-refractivity contribution is 5.87. The standard InChI is InChI=1S/2C22H19F3N2O2/c23-22(24,25)18-10-4-6-15(12-18)14-26-19-11-5-9-17(13-19)20(21(28)27-29)16-7-2-1-3-8-16;23-22(24,25)18-8-4-5-15(13-18)14-26-19-11-9-17(10-12-19)20(21(28)27-29)16-6-2-1-3-7-16/h2*1-13,20,26,29H,14H2,(H,27,28). The fraction of sp³-hybridized carbons (Fsp3) is 0.136. The zero-order valence-corrected chi connectivity index (χ0v) is 30.6. The molecular weight excluding hydrogens is 762 g/mol. The summed E-state index contributed by atoms with van der Waals surface area (Å²) in [5.74, 6) is -2.54. The Balaban J connectivity index is 0.000000221. The summed E-state index contributed by atoms with van der Waals surface area (Å²) in [6.07, 6.45) is -8.77. The number of amides is 2. The summed E-state index contributed by atoms with van der Waals surface area (Å²) in [6.45, 7) is 0.415. The largest absolute Gasteiger partial charge is 0.416 e. The molecule has 0 aliphatic carbocycles. The zero-order chi connectivity index (χ0) is 41.7. The molecule has 300 valence electrons. The van der Waals surface area contributed by atoms with Crippen LogP contribution >= 0.6 is 0 Å². The summed E-state index contributed by atoms with van der Waals surface area (Å²) < 4.78 is 77.0. The Morgan fingerprint density at radius 3 is 1.29 bits per heavy atom. The molecule has 8 nitrogen and oxygen atoms in total. The quantitative estimate of drug-likeness (QED) is 0.0417. The second kappa shape index (κ2) is 19.5. The van der Waals surface area contributed by atoms with E-state index in [4.69, 9.17) is 10.4 Å². The molecule has 6 aromatic carbocycles. The number of rotatable bonds is 12. The van der Waals surface area contributed by atoms with E-state index in [0.29, 0.717) is 39.2 Å². The molecule has 58 heavy (non-hydrogen) atoms. The summed E-state index contributed by atoms with van der Waals surface area (Å²) in [5, 5.41) is 24.4. The van der Waals surface area contributed by atoms with Crippen molar-refractivity contribution in [2.24, 2.45) is 0 Å². The lowest BCUT2D eigenvalue weighted by Crippen LogP contribution is -2.27. The molecule has 6 N–H and O–H groups in total. The highest BCUT2D eigenvalue weighted by Crippen LogP contribution is 2.32. The molecule has 0 bridgehead atoms. The number of halogens is 6. The van der Waals surface area contributed by atoms with Crippen LogP contribution in [0.2, 0.25) is 0 Å². The van der Waals surface area contributed by atoms with Gasteiger partial charge >= 0.3 is 12.4 Å². The van der Waals surface area contributed by atoms with Crippen LogP contribution in [0.3, 0.4) is 0 Å². The van der Waals surface area contributed by atoms with Crippen LogP contribution in [0.1, 0.15) is 56.3 Å². The highest BCUT2D eigenvalue weighted by Gasteiger charge is 2.31. The molecule has 2 atom stereocenters. The number of carbonyl (C=O) groups excluding carboxylic acids is 2. The van der Waals surface area contributed by atoms with E-state index in [9.17, 15) is 35.9 Å². The number of carbonyl (C=O) groups is 2. The first-order valence-electron chi connectivity index (χ1n) is 17.7. The van der Waals surface area contributed by atoms with Gasteiger partial charge < -0.3 is 10.6 Å². The molecule has 0 spiro atoms. The number of alkyl halides is 6. The van der Waals surface area contributed by atoms with Crippen LogP contribution in [-0.2, 0) is 35.0 Å². The Labute approximate surface area is 330 Å². The van der Waals surface area contributed by atoms with Crippen LogP contribution in [-0.4, -0.2) is 22.2 Å². The molecule has 14 heteroatoms. The Kier molecular flexibility index (Phi) is 14.3. The molecule has 6 rings (SSSR count). The van der Waals surface area contributed by atoms with E-state index < -0.39 is 47.1 Å². The monoisotopic (exact) mass is 800 g/mol. The maximum atomic E-state index is 12.9. The molecule has 2 unspecified atom stereocenters. The maximum absolute atomic E-state index is 12.9. The third-order valence-corrected chi connectivity index (χ3v) is 8.98. The van der Waals surface area contributed by atoms with Crippen LogP contribution < -0.4 is 21.6 Å². The molecule has 2 amide bonds. The predicted molar refractivity (Wildman–Crippen MR) is 207 cm³/mol. The van der Waals surface area contributed by atoms with Crippen molar-refractivity contribution in [3.63, 3.8) is 0 Å². The second-order valence-electron chi connectivity index (χ2n) is 13.0. The molecule has 0 aliphatic rings. The van der Waals surface area contributed by atoms with Crippen molar-refractivity contribution >= 4 is 23.2 Å². The number of nitrogens with one attached hydrogen (secondary N) is 4. The van der Waals surface area contributed by atoms with E-state index in [1.807, 2.05) is 12.1 Å². The van der Waals surface area contributed by atoms with E-state index in [2.05, 4.69) is 10.6 Å². The number of hydrogen-bond acceptors (Lipinski definition) is 6. The number of anilines is 2. The second-order valence-corrected chi connectivity index (χ2v) is 13.0. The van der Waals surface area contributed by atoms with Crippen molar-refractivity contribution in [2.45, 2.75) is 37.3 Å². The number of benzene rings is 6. The van der Waals surface area contributed by atoms with E-state index in [-0.39, 0.29) is 13.1 Å². The summed E-state index contributed by atoms with van der Waals surface area (Å²) in [4.78, 5) is 24.4. The topological polar surface area (TPSA) is 123 Å². The Hall–Kier alpha value is -6.64. The van der Waals surface area contributed by atoms with Crippen LogP contribution in [0.5, 0.6) is 0 Å². The molecular formula is C44H38F6N4O4. The number of hydrogen-bond donors (Lipinski definition) is 6. The van der Waals surface area contributed by atoms with Crippen molar-refractivity contribution in [1.29, 1.82) is 0 Å². The molecule has 0 saturated heterocycles. The minimum atomic E-state index is -4.39.